The van der Waals surface area contributed by atoms with Gasteiger partial charge in [0.25, 0.3) is 0 Å². The highest BCUT2D eigenvalue weighted by molar-refractivity contribution is 7.99. The molecule has 1 aliphatic heterocycles. The molecule has 0 radical (unpaired) electrons. The molecule has 2 aromatic rings. The Hall–Kier alpha value is -1.79. The number of aromatic nitrogens is 1. The van der Waals surface area contributed by atoms with Crippen LogP contribution in [0.15, 0.2) is 29.3 Å². The molecule has 1 fully saturated rings. The van der Waals surface area contributed by atoms with Crippen molar-refractivity contribution in [2.75, 3.05) is 39.2 Å². The van der Waals surface area contributed by atoms with E-state index in [4.69, 9.17) is 9.47 Å². The molecule has 3 rings (SSSR count). The summed E-state index contributed by atoms with van der Waals surface area (Å²) in [5.74, 6) is 1.29. The first kappa shape index (κ1) is 16.1. The standard InChI is InChI=1S/C17H20N2O3S/c1-12-10-15(18-17-13(12)4-3-5-14(17)21-2)23-11-16(20)19-6-8-22-9-7-19/h3-5,10H,6-9,11H2,1-2H3. The predicted molar refractivity (Wildman–Crippen MR) is 91.2 cm³/mol. The molecule has 0 atom stereocenters. The average molecular weight is 332 g/mol. The summed E-state index contributed by atoms with van der Waals surface area (Å²) in [5, 5.41) is 1.93. The lowest BCUT2D eigenvalue weighted by atomic mass is 10.1. The quantitative estimate of drug-likeness (QED) is 0.805. The smallest absolute Gasteiger partial charge is 0.233 e. The molecule has 23 heavy (non-hydrogen) atoms. The van der Waals surface area contributed by atoms with Crippen molar-refractivity contribution < 1.29 is 14.3 Å². The van der Waals surface area contributed by atoms with E-state index >= 15 is 0 Å². The third-order valence-corrected chi connectivity index (χ3v) is 4.81. The van der Waals surface area contributed by atoms with Crippen LogP contribution in [-0.2, 0) is 9.53 Å². The van der Waals surface area contributed by atoms with Gasteiger partial charge in [-0.2, -0.15) is 0 Å². The summed E-state index contributed by atoms with van der Waals surface area (Å²) in [6.07, 6.45) is 0. The highest BCUT2D eigenvalue weighted by Gasteiger charge is 2.17. The molecule has 1 amide bonds. The summed E-state index contributed by atoms with van der Waals surface area (Å²) in [6, 6.07) is 7.93. The average Bonchev–Trinajstić information content (AvgIpc) is 2.60. The van der Waals surface area contributed by atoms with Crippen molar-refractivity contribution in [1.29, 1.82) is 0 Å². The zero-order chi connectivity index (χ0) is 16.2. The molecule has 0 saturated carbocycles. The van der Waals surface area contributed by atoms with E-state index in [-0.39, 0.29) is 5.91 Å². The summed E-state index contributed by atoms with van der Waals surface area (Å²) >= 11 is 1.47. The number of thioether (sulfide) groups is 1. The minimum absolute atomic E-state index is 0.137. The lowest BCUT2D eigenvalue weighted by Crippen LogP contribution is -2.41. The first-order valence-electron chi connectivity index (χ1n) is 7.61. The number of methoxy groups -OCH3 is 1. The number of fused-ring (bicyclic) bond motifs is 1. The maximum absolute atomic E-state index is 12.2. The van der Waals surface area contributed by atoms with Crippen molar-refractivity contribution in [3.63, 3.8) is 0 Å². The third-order valence-electron chi connectivity index (χ3n) is 3.91. The number of hydrogen-bond donors (Lipinski definition) is 0. The van der Waals surface area contributed by atoms with Crippen molar-refractivity contribution in [3.05, 3.63) is 29.8 Å². The number of carbonyl (C=O) groups excluding carboxylic acids is 1. The van der Waals surface area contributed by atoms with Gasteiger partial charge in [-0.05, 0) is 24.6 Å². The third kappa shape index (κ3) is 3.59. The Morgan fingerprint density at radius 2 is 2.17 bits per heavy atom. The SMILES string of the molecule is COc1cccc2c(C)cc(SCC(=O)N3CCOCC3)nc12. The Morgan fingerprint density at radius 1 is 1.39 bits per heavy atom. The molecule has 0 N–H and O–H groups in total. The van der Waals surface area contributed by atoms with Gasteiger partial charge < -0.3 is 14.4 Å². The number of carbonyl (C=O) groups is 1. The van der Waals surface area contributed by atoms with Crippen LogP contribution < -0.4 is 4.74 Å². The summed E-state index contributed by atoms with van der Waals surface area (Å²) in [4.78, 5) is 18.8. The molecular weight excluding hydrogens is 312 g/mol. The molecule has 5 nitrogen and oxygen atoms in total. The first-order chi connectivity index (χ1) is 11.2. The van der Waals surface area contributed by atoms with Crippen LogP contribution in [0.3, 0.4) is 0 Å². The van der Waals surface area contributed by atoms with Gasteiger partial charge in [0.15, 0.2) is 0 Å². The summed E-state index contributed by atoms with van der Waals surface area (Å²) in [5.41, 5.74) is 1.98. The van der Waals surface area contributed by atoms with Gasteiger partial charge in [-0.1, -0.05) is 23.9 Å². The van der Waals surface area contributed by atoms with E-state index in [0.717, 1.165) is 27.2 Å². The molecule has 0 bridgehead atoms. The minimum atomic E-state index is 0.137. The van der Waals surface area contributed by atoms with Gasteiger partial charge in [-0.3, -0.25) is 4.79 Å². The molecular formula is C17H20N2O3S. The van der Waals surface area contributed by atoms with Crippen LogP contribution in [0.1, 0.15) is 5.56 Å². The monoisotopic (exact) mass is 332 g/mol. The molecule has 6 heteroatoms. The van der Waals surface area contributed by atoms with Crippen molar-refractivity contribution in [2.45, 2.75) is 11.9 Å². The number of ether oxygens (including phenoxy) is 2. The second-order valence-electron chi connectivity index (χ2n) is 5.42. The van der Waals surface area contributed by atoms with E-state index in [0.29, 0.717) is 32.1 Å². The number of nitrogens with zero attached hydrogens (tertiary/aromatic N) is 2. The van der Waals surface area contributed by atoms with Gasteiger partial charge in [0.1, 0.15) is 11.3 Å². The minimum Gasteiger partial charge on any atom is -0.494 e. The molecule has 0 spiro atoms. The molecule has 0 aliphatic carbocycles. The number of rotatable bonds is 4. The highest BCUT2D eigenvalue weighted by atomic mass is 32.2. The molecule has 1 saturated heterocycles. The number of para-hydroxylation sites is 1. The Balaban J connectivity index is 1.76. The van der Waals surface area contributed by atoms with E-state index in [9.17, 15) is 4.79 Å². The lowest BCUT2D eigenvalue weighted by Gasteiger charge is -2.26. The van der Waals surface area contributed by atoms with Gasteiger partial charge in [-0.15, -0.1) is 0 Å². The zero-order valence-corrected chi connectivity index (χ0v) is 14.2. The number of amides is 1. The lowest BCUT2D eigenvalue weighted by molar-refractivity contribution is -0.132. The molecule has 0 unspecified atom stereocenters. The Morgan fingerprint density at radius 3 is 2.91 bits per heavy atom. The van der Waals surface area contributed by atoms with Gasteiger partial charge >= 0.3 is 0 Å². The van der Waals surface area contributed by atoms with E-state index in [2.05, 4.69) is 11.9 Å². The van der Waals surface area contributed by atoms with Crippen LogP contribution in [0.5, 0.6) is 5.75 Å². The van der Waals surface area contributed by atoms with E-state index in [1.165, 1.54) is 11.8 Å². The van der Waals surface area contributed by atoms with Crippen LogP contribution in [0.2, 0.25) is 0 Å². The van der Waals surface area contributed by atoms with Crippen LogP contribution in [0.4, 0.5) is 0 Å². The van der Waals surface area contributed by atoms with E-state index in [1.54, 1.807) is 7.11 Å². The van der Waals surface area contributed by atoms with E-state index < -0.39 is 0 Å². The van der Waals surface area contributed by atoms with E-state index in [1.807, 2.05) is 29.2 Å². The van der Waals surface area contributed by atoms with Crippen LogP contribution in [0, 0.1) is 6.92 Å². The molecule has 1 aromatic carbocycles. The van der Waals surface area contributed by atoms with Crippen LogP contribution in [0.25, 0.3) is 10.9 Å². The molecule has 2 heterocycles. The highest BCUT2D eigenvalue weighted by Crippen LogP contribution is 2.29. The number of aryl methyl sites for hydroxylation is 1. The van der Waals surface area contributed by atoms with Crippen molar-refractivity contribution in [2.24, 2.45) is 0 Å². The fourth-order valence-corrected chi connectivity index (χ4v) is 3.51. The van der Waals surface area contributed by atoms with Crippen LogP contribution >= 0.6 is 11.8 Å². The molecule has 122 valence electrons. The first-order valence-corrected chi connectivity index (χ1v) is 8.60. The van der Waals surface area contributed by atoms with Crippen molar-refractivity contribution in [3.8, 4) is 5.75 Å². The van der Waals surface area contributed by atoms with Crippen molar-refractivity contribution in [1.82, 2.24) is 9.88 Å². The number of hydrogen-bond acceptors (Lipinski definition) is 5. The largest absolute Gasteiger partial charge is 0.494 e. The van der Waals surface area contributed by atoms with Crippen molar-refractivity contribution >= 4 is 28.6 Å². The fourth-order valence-electron chi connectivity index (χ4n) is 2.64. The van der Waals surface area contributed by atoms with Gasteiger partial charge in [0.05, 0.1) is 31.1 Å². The maximum Gasteiger partial charge on any atom is 0.233 e. The van der Waals surface area contributed by atoms with Gasteiger partial charge in [0, 0.05) is 18.5 Å². The summed E-state index contributed by atoms with van der Waals surface area (Å²) in [6.45, 7) is 4.66. The Labute approximate surface area is 140 Å². The number of pyridine rings is 1. The molecule has 1 aromatic heterocycles. The maximum atomic E-state index is 12.2. The zero-order valence-electron chi connectivity index (χ0n) is 13.4. The van der Waals surface area contributed by atoms with Crippen LogP contribution in [-0.4, -0.2) is 55.0 Å². The van der Waals surface area contributed by atoms with Gasteiger partial charge in [0.2, 0.25) is 5.91 Å². The Bertz CT molecular complexity index is 714. The summed E-state index contributed by atoms with van der Waals surface area (Å²) in [7, 11) is 1.65. The normalized spacial score (nSPS) is 15.0. The second kappa shape index (κ2) is 7.19. The second-order valence-corrected chi connectivity index (χ2v) is 6.41. The topological polar surface area (TPSA) is 51.7 Å². The molecule has 1 aliphatic rings. The summed E-state index contributed by atoms with van der Waals surface area (Å²) < 4.78 is 10.7. The Kier molecular flexibility index (Phi) is 5.03. The number of benzene rings is 1. The number of morpholine rings is 1. The van der Waals surface area contributed by atoms with Gasteiger partial charge in [-0.25, -0.2) is 4.98 Å². The fraction of sp³-hybridized carbons (Fsp3) is 0.412. The predicted octanol–water partition coefficient (Wildman–Crippen LogP) is 2.50.